The van der Waals surface area contributed by atoms with Crippen molar-refractivity contribution in [1.82, 2.24) is 14.7 Å². The maximum Gasteiger partial charge on any atom is 0.227 e. The van der Waals surface area contributed by atoms with Crippen LogP contribution in [-0.4, -0.2) is 46.4 Å². The summed E-state index contributed by atoms with van der Waals surface area (Å²) < 4.78 is 20.4. The lowest BCUT2D eigenvalue weighted by Crippen LogP contribution is -2.45. The highest BCUT2D eigenvalue weighted by Crippen LogP contribution is 2.20. The van der Waals surface area contributed by atoms with Gasteiger partial charge in [-0.15, -0.1) is 0 Å². The van der Waals surface area contributed by atoms with E-state index in [1.807, 2.05) is 25.7 Å². The number of benzene rings is 1. The monoisotopic (exact) mass is 331 g/mol. The van der Waals surface area contributed by atoms with Crippen LogP contribution in [0.5, 0.6) is 0 Å². The molecule has 1 saturated heterocycles. The second-order valence-electron chi connectivity index (χ2n) is 6.24. The number of carbonyl (C=O) groups excluding carboxylic acids is 1. The second-order valence-corrected chi connectivity index (χ2v) is 6.24. The van der Waals surface area contributed by atoms with Crippen molar-refractivity contribution in [1.29, 1.82) is 0 Å². The summed E-state index contributed by atoms with van der Waals surface area (Å²) in [7, 11) is 0. The van der Waals surface area contributed by atoms with Crippen LogP contribution in [0.25, 0.3) is 5.69 Å². The Labute approximate surface area is 141 Å². The highest BCUT2D eigenvalue weighted by Gasteiger charge is 2.24. The summed E-state index contributed by atoms with van der Waals surface area (Å²) >= 11 is 0. The van der Waals surface area contributed by atoms with Crippen LogP contribution in [0.15, 0.2) is 24.3 Å². The van der Waals surface area contributed by atoms with E-state index in [0.717, 1.165) is 22.6 Å². The minimum absolute atomic E-state index is 0.0758. The number of carbonyl (C=O) groups is 1. The number of aromatic nitrogens is 2. The zero-order valence-corrected chi connectivity index (χ0v) is 14.3. The van der Waals surface area contributed by atoms with Gasteiger partial charge >= 0.3 is 0 Å². The normalized spacial score (nSPS) is 18.0. The first kappa shape index (κ1) is 16.6. The summed E-state index contributed by atoms with van der Waals surface area (Å²) in [4.78, 5) is 14.4. The number of hydrogen-bond donors (Lipinski definition) is 0. The molecule has 1 aliphatic heterocycles. The van der Waals surface area contributed by atoms with Crippen molar-refractivity contribution in [2.45, 2.75) is 33.3 Å². The van der Waals surface area contributed by atoms with Crippen molar-refractivity contribution in [2.75, 3.05) is 19.7 Å². The van der Waals surface area contributed by atoms with Crippen molar-refractivity contribution in [3.8, 4) is 5.69 Å². The third kappa shape index (κ3) is 3.33. The summed E-state index contributed by atoms with van der Waals surface area (Å²) in [5.74, 6) is -0.188. The van der Waals surface area contributed by atoms with E-state index in [1.54, 1.807) is 16.8 Å². The van der Waals surface area contributed by atoms with Crippen molar-refractivity contribution in [3.05, 3.63) is 47.0 Å². The van der Waals surface area contributed by atoms with E-state index in [1.165, 1.54) is 12.1 Å². The van der Waals surface area contributed by atoms with Gasteiger partial charge in [0, 0.05) is 24.3 Å². The molecule has 0 spiro atoms. The Bertz CT molecular complexity index is 739. The first-order chi connectivity index (χ1) is 11.5. The molecule has 1 amide bonds. The molecule has 2 aromatic rings. The number of halogens is 1. The van der Waals surface area contributed by atoms with Crippen LogP contribution in [0.4, 0.5) is 4.39 Å². The lowest BCUT2D eigenvalue weighted by atomic mass is 10.1. The third-order valence-corrected chi connectivity index (χ3v) is 4.43. The smallest absolute Gasteiger partial charge is 0.227 e. The van der Waals surface area contributed by atoms with Gasteiger partial charge in [-0.2, -0.15) is 5.10 Å². The molecule has 3 rings (SSSR count). The van der Waals surface area contributed by atoms with Gasteiger partial charge in [-0.1, -0.05) is 0 Å². The molecule has 0 bridgehead atoms. The fourth-order valence-electron chi connectivity index (χ4n) is 3.07. The Balaban J connectivity index is 1.81. The van der Waals surface area contributed by atoms with Crippen molar-refractivity contribution in [3.63, 3.8) is 0 Å². The van der Waals surface area contributed by atoms with Gasteiger partial charge in [0.2, 0.25) is 5.91 Å². The standard InChI is InChI=1S/C18H22FN3O2/c1-12-11-21(8-9-24-12)18(23)10-17-13(2)20-22(14(17)3)16-6-4-15(19)5-7-16/h4-7,12H,8-11H2,1-3H3/t12-/m1/s1. The number of amides is 1. The molecule has 24 heavy (non-hydrogen) atoms. The van der Waals surface area contributed by atoms with Crippen LogP contribution in [0, 0.1) is 19.7 Å². The highest BCUT2D eigenvalue weighted by molar-refractivity contribution is 5.79. The van der Waals surface area contributed by atoms with Crippen LogP contribution in [0.2, 0.25) is 0 Å². The van der Waals surface area contributed by atoms with E-state index < -0.39 is 0 Å². The number of hydrogen-bond acceptors (Lipinski definition) is 3. The topological polar surface area (TPSA) is 47.4 Å². The zero-order chi connectivity index (χ0) is 17.3. The number of morpholine rings is 1. The van der Waals surface area contributed by atoms with E-state index in [4.69, 9.17) is 4.74 Å². The number of rotatable bonds is 3. The van der Waals surface area contributed by atoms with E-state index in [2.05, 4.69) is 5.10 Å². The lowest BCUT2D eigenvalue weighted by Gasteiger charge is -2.31. The maximum atomic E-state index is 13.1. The van der Waals surface area contributed by atoms with E-state index in [-0.39, 0.29) is 17.8 Å². The molecular formula is C18H22FN3O2. The fraction of sp³-hybridized carbons (Fsp3) is 0.444. The second kappa shape index (κ2) is 6.73. The molecule has 5 nitrogen and oxygen atoms in total. The molecule has 128 valence electrons. The Morgan fingerprint density at radius 3 is 2.71 bits per heavy atom. The van der Waals surface area contributed by atoms with Crippen molar-refractivity contribution >= 4 is 5.91 Å². The first-order valence-corrected chi connectivity index (χ1v) is 8.16. The molecule has 1 aliphatic rings. The average molecular weight is 331 g/mol. The summed E-state index contributed by atoms with van der Waals surface area (Å²) in [6.07, 6.45) is 0.401. The van der Waals surface area contributed by atoms with Crippen LogP contribution < -0.4 is 0 Å². The largest absolute Gasteiger partial charge is 0.375 e. The highest BCUT2D eigenvalue weighted by atomic mass is 19.1. The quantitative estimate of drug-likeness (QED) is 0.868. The molecule has 0 saturated carbocycles. The number of nitrogens with zero attached hydrogens (tertiary/aromatic N) is 3. The van der Waals surface area contributed by atoms with Crippen LogP contribution in [0.3, 0.4) is 0 Å². The Hall–Kier alpha value is -2.21. The molecule has 1 aromatic heterocycles. The summed E-state index contributed by atoms with van der Waals surface area (Å²) in [6.45, 7) is 7.66. The molecule has 0 radical (unpaired) electrons. The van der Waals surface area contributed by atoms with Crippen LogP contribution in [-0.2, 0) is 16.0 Å². The average Bonchev–Trinajstić information content (AvgIpc) is 2.84. The molecule has 0 aliphatic carbocycles. The Morgan fingerprint density at radius 1 is 1.33 bits per heavy atom. The van der Waals surface area contributed by atoms with Crippen molar-refractivity contribution < 1.29 is 13.9 Å². The van der Waals surface area contributed by atoms with Gasteiger partial charge in [-0.25, -0.2) is 9.07 Å². The van der Waals surface area contributed by atoms with E-state index in [0.29, 0.717) is 26.1 Å². The molecule has 1 aromatic carbocycles. The zero-order valence-electron chi connectivity index (χ0n) is 14.3. The van der Waals surface area contributed by atoms with Gasteiger partial charge < -0.3 is 9.64 Å². The third-order valence-electron chi connectivity index (χ3n) is 4.43. The molecule has 1 atom stereocenters. The molecule has 6 heteroatoms. The van der Waals surface area contributed by atoms with Crippen LogP contribution in [0.1, 0.15) is 23.9 Å². The summed E-state index contributed by atoms with van der Waals surface area (Å²) in [5, 5.41) is 4.52. The van der Waals surface area contributed by atoms with E-state index >= 15 is 0 Å². The van der Waals surface area contributed by atoms with Gasteiger partial charge in [-0.05, 0) is 45.0 Å². The molecule has 1 fully saturated rings. The molecule has 2 heterocycles. The van der Waals surface area contributed by atoms with Gasteiger partial charge in [0.15, 0.2) is 0 Å². The molecular weight excluding hydrogens is 309 g/mol. The lowest BCUT2D eigenvalue weighted by molar-refractivity contribution is -0.137. The Morgan fingerprint density at radius 2 is 2.04 bits per heavy atom. The predicted molar refractivity (Wildman–Crippen MR) is 88.7 cm³/mol. The minimum atomic E-state index is -0.280. The summed E-state index contributed by atoms with van der Waals surface area (Å²) in [5.41, 5.74) is 3.46. The van der Waals surface area contributed by atoms with E-state index in [9.17, 15) is 9.18 Å². The van der Waals surface area contributed by atoms with Crippen molar-refractivity contribution in [2.24, 2.45) is 0 Å². The summed E-state index contributed by atoms with van der Waals surface area (Å²) in [6, 6.07) is 6.19. The Kier molecular flexibility index (Phi) is 4.66. The molecule has 0 N–H and O–H groups in total. The minimum Gasteiger partial charge on any atom is -0.375 e. The predicted octanol–water partition coefficient (Wildman–Crippen LogP) is 2.42. The molecule has 0 unspecified atom stereocenters. The van der Waals surface area contributed by atoms with Gasteiger partial charge in [-0.3, -0.25) is 4.79 Å². The number of aryl methyl sites for hydroxylation is 1. The fourth-order valence-corrected chi connectivity index (χ4v) is 3.07. The van der Waals surface area contributed by atoms with Crippen LogP contribution >= 0.6 is 0 Å². The van der Waals surface area contributed by atoms with Gasteiger partial charge in [0.1, 0.15) is 5.82 Å². The first-order valence-electron chi connectivity index (χ1n) is 8.16. The maximum absolute atomic E-state index is 13.1. The van der Waals surface area contributed by atoms with Gasteiger partial charge in [0.05, 0.1) is 30.5 Å². The van der Waals surface area contributed by atoms with Gasteiger partial charge in [0.25, 0.3) is 0 Å². The SMILES string of the molecule is Cc1nn(-c2ccc(F)cc2)c(C)c1CC(=O)N1CCO[C@H](C)C1. The number of ether oxygens (including phenoxy) is 1.